The van der Waals surface area contributed by atoms with E-state index in [1.807, 2.05) is 20.8 Å². The van der Waals surface area contributed by atoms with E-state index in [1.165, 1.54) is 0 Å². The summed E-state index contributed by atoms with van der Waals surface area (Å²) in [4.78, 5) is 7.96. The number of nitrogens with zero attached hydrogens (tertiary/aromatic N) is 2. The first-order valence-electron chi connectivity index (χ1n) is 11.6. The highest BCUT2D eigenvalue weighted by Gasteiger charge is 2.35. The van der Waals surface area contributed by atoms with Gasteiger partial charge in [-0.05, 0) is 95.0 Å². The van der Waals surface area contributed by atoms with Crippen LogP contribution in [0.15, 0.2) is 54.7 Å². The predicted molar refractivity (Wildman–Crippen MR) is 130 cm³/mol. The molecule has 2 N–H and O–H groups in total. The molecule has 1 aliphatic rings. The number of halogens is 3. The van der Waals surface area contributed by atoms with E-state index in [0.717, 1.165) is 31.9 Å². The lowest BCUT2D eigenvalue weighted by Gasteiger charge is -2.21. The maximum Gasteiger partial charge on any atom is 0.421 e. The molecule has 0 unspecified atom stereocenters. The van der Waals surface area contributed by atoms with Crippen LogP contribution in [0.2, 0.25) is 0 Å². The number of anilines is 4. The van der Waals surface area contributed by atoms with E-state index in [2.05, 4.69) is 20.6 Å². The Hall–Kier alpha value is -3.49. The Morgan fingerprint density at radius 1 is 0.829 bits per heavy atom. The molecule has 0 atom stereocenters. The van der Waals surface area contributed by atoms with Crippen molar-refractivity contribution in [1.29, 1.82) is 0 Å². The van der Waals surface area contributed by atoms with Crippen LogP contribution < -0.4 is 20.1 Å². The van der Waals surface area contributed by atoms with E-state index in [4.69, 9.17) is 9.47 Å². The van der Waals surface area contributed by atoms with Crippen molar-refractivity contribution in [3.05, 3.63) is 60.3 Å². The van der Waals surface area contributed by atoms with Gasteiger partial charge in [0.25, 0.3) is 0 Å². The third-order valence-corrected chi connectivity index (χ3v) is 5.35. The van der Waals surface area contributed by atoms with Gasteiger partial charge in [-0.1, -0.05) is 0 Å². The van der Waals surface area contributed by atoms with Crippen molar-refractivity contribution in [1.82, 2.24) is 9.97 Å². The second-order valence-corrected chi connectivity index (χ2v) is 9.49. The average molecular weight is 487 g/mol. The number of ether oxygens (including phenoxy) is 2. The Kier molecular flexibility index (Phi) is 7.05. The van der Waals surface area contributed by atoms with Crippen molar-refractivity contribution in [2.45, 2.75) is 64.3 Å². The quantitative estimate of drug-likeness (QED) is 0.361. The van der Waals surface area contributed by atoms with Gasteiger partial charge in [-0.2, -0.15) is 18.2 Å². The van der Waals surface area contributed by atoms with Crippen LogP contribution in [0.1, 0.15) is 52.0 Å². The molecule has 0 aliphatic heterocycles. The van der Waals surface area contributed by atoms with Gasteiger partial charge >= 0.3 is 6.18 Å². The van der Waals surface area contributed by atoms with Crippen molar-refractivity contribution in [2.24, 2.45) is 0 Å². The molecule has 0 saturated heterocycles. The van der Waals surface area contributed by atoms with Crippen molar-refractivity contribution in [3.63, 3.8) is 0 Å². The molecule has 2 aromatic carbocycles. The van der Waals surface area contributed by atoms with Gasteiger partial charge in [-0.3, -0.25) is 0 Å². The molecule has 0 bridgehead atoms. The van der Waals surface area contributed by atoms with Crippen molar-refractivity contribution >= 4 is 23.1 Å². The maximum atomic E-state index is 13.6. The van der Waals surface area contributed by atoms with Crippen LogP contribution in [0.5, 0.6) is 11.5 Å². The van der Waals surface area contributed by atoms with Gasteiger partial charge in [0.05, 0.1) is 6.10 Å². The summed E-state index contributed by atoms with van der Waals surface area (Å²) in [5, 5.41) is 5.72. The van der Waals surface area contributed by atoms with E-state index in [-0.39, 0.29) is 23.5 Å². The third-order valence-electron chi connectivity index (χ3n) is 5.35. The molecule has 1 aliphatic carbocycles. The Morgan fingerprint density at radius 2 is 1.40 bits per heavy atom. The lowest BCUT2D eigenvalue weighted by molar-refractivity contribution is -0.137. The van der Waals surface area contributed by atoms with E-state index < -0.39 is 11.7 Å². The van der Waals surface area contributed by atoms with Crippen LogP contribution in [0, 0.1) is 0 Å². The summed E-state index contributed by atoms with van der Waals surface area (Å²) in [6.07, 6.45) is 0.725. The van der Waals surface area contributed by atoms with Gasteiger partial charge in [0, 0.05) is 17.6 Å². The number of alkyl halides is 3. The molecule has 3 aromatic rings. The van der Waals surface area contributed by atoms with E-state index in [1.54, 1.807) is 48.5 Å². The monoisotopic (exact) mass is 486 g/mol. The molecular formula is C26H29F3N4O2. The number of hydrogen-bond acceptors (Lipinski definition) is 6. The molecule has 6 nitrogen and oxygen atoms in total. The third kappa shape index (κ3) is 7.00. The normalized spacial score (nSPS) is 14.6. The zero-order valence-corrected chi connectivity index (χ0v) is 19.9. The van der Waals surface area contributed by atoms with Gasteiger partial charge in [-0.25, -0.2) is 4.98 Å². The molecule has 0 amide bonds. The number of nitrogens with one attached hydrogen (secondary N) is 2. The molecule has 186 valence electrons. The summed E-state index contributed by atoms with van der Waals surface area (Å²) in [5.74, 6) is 1.07. The van der Waals surface area contributed by atoms with Gasteiger partial charge < -0.3 is 20.1 Å². The predicted octanol–water partition coefficient (Wildman–Crippen LogP) is 7.48. The molecule has 1 saturated carbocycles. The van der Waals surface area contributed by atoms with Crippen LogP contribution in [0.3, 0.4) is 0 Å². The first kappa shape index (κ1) is 24.6. The maximum absolute atomic E-state index is 13.6. The minimum absolute atomic E-state index is 0.0335. The number of aromatic nitrogens is 2. The first-order chi connectivity index (χ1) is 16.5. The second kappa shape index (κ2) is 10.0. The fraction of sp³-hybridized carbons (Fsp3) is 0.385. The summed E-state index contributed by atoms with van der Waals surface area (Å²) in [6, 6.07) is 13.9. The van der Waals surface area contributed by atoms with Crippen molar-refractivity contribution in [2.75, 3.05) is 10.6 Å². The van der Waals surface area contributed by atoms with Crippen molar-refractivity contribution < 1.29 is 22.6 Å². The Bertz CT molecular complexity index is 1120. The number of benzene rings is 2. The summed E-state index contributed by atoms with van der Waals surface area (Å²) in [5.41, 5.74) is -0.219. The van der Waals surface area contributed by atoms with Crippen LogP contribution in [-0.4, -0.2) is 21.7 Å². The zero-order chi connectivity index (χ0) is 25.1. The number of hydrogen-bond donors (Lipinski definition) is 2. The SMILES string of the molecule is CC(C)(C)Oc1ccc(Nc2ncc(C(F)(F)F)c(Nc3ccc(OC4CCCC4)cc3)n2)cc1. The van der Waals surface area contributed by atoms with Crippen molar-refractivity contribution in [3.8, 4) is 11.5 Å². The lowest BCUT2D eigenvalue weighted by Crippen LogP contribution is -2.22. The fourth-order valence-corrected chi connectivity index (χ4v) is 3.79. The van der Waals surface area contributed by atoms with E-state index in [0.29, 0.717) is 22.9 Å². The zero-order valence-electron chi connectivity index (χ0n) is 19.9. The molecule has 4 rings (SSSR count). The molecule has 9 heteroatoms. The Morgan fingerprint density at radius 3 is 1.97 bits per heavy atom. The Labute approximate surface area is 202 Å². The van der Waals surface area contributed by atoms with E-state index >= 15 is 0 Å². The summed E-state index contributed by atoms with van der Waals surface area (Å²) in [7, 11) is 0. The topological polar surface area (TPSA) is 68.3 Å². The highest BCUT2D eigenvalue weighted by Crippen LogP contribution is 2.36. The number of rotatable bonds is 7. The summed E-state index contributed by atoms with van der Waals surface area (Å²) >= 11 is 0. The first-order valence-corrected chi connectivity index (χ1v) is 11.6. The van der Waals surface area contributed by atoms with Gasteiger partial charge in [-0.15, -0.1) is 0 Å². The summed E-state index contributed by atoms with van der Waals surface area (Å²) < 4.78 is 52.5. The average Bonchev–Trinajstić information content (AvgIpc) is 3.28. The molecule has 1 aromatic heterocycles. The van der Waals surface area contributed by atoms with Crippen LogP contribution in [0.4, 0.5) is 36.3 Å². The molecule has 0 radical (unpaired) electrons. The van der Waals surface area contributed by atoms with Crippen LogP contribution in [-0.2, 0) is 6.18 Å². The molecule has 0 spiro atoms. The van der Waals surface area contributed by atoms with Gasteiger partial charge in [0.1, 0.15) is 28.5 Å². The minimum Gasteiger partial charge on any atom is -0.490 e. The summed E-state index contributed by atoms with van der Waals surface area (Å²) in [6.45, 7) is 5.83. The van der Waals surface area contributed by atoms with Gasteiger partial charge in [0.2, 0.25) is 5.95 Å². The van der Waals surface area contributed by atoms with Gasteiger partial charge in [0.15, 0.2) is 0 Å². The Balaban J connectivity index is 1.50. The second-order valence-electron chi connectivity index (χ2n) is 9.49. The van der Waals surface area contributed by atoms with Crippen LogP contribution in [0.25, 0.3) is 0 Å². The molecule has 35 heavy (non-hydrogen) atoms. The smallest absolute Gasteiger partial charge is 0.421 e. The molecular weight excluding hydrogens is 457 g/mol. The minimum atomic E-state index is -4.61. The van der Waals surface area contributed by atoms with Crippen LogP contribution >= 0.6 is 0 Å². The highest BCUT2D eigenvalue weighted by atomic mass is 19.4. The molecule has 1 heterocycles. The largest absolute Gasteiger partial charge is 0.490 e. The lowest BCUT2D eigenvalue weighted by atomic mass is 10.2. The fourth-order valence-electron chi connectivity index (χ4n) is 3.79. The standard InChI is InChI=1S/C26H29F3N4O2/c1-25(2,3)35-21-14-10-18(11-15-21)32-24-30-16-22(26(27,28)29)23(33-24)31-17-8-12-20(13-9-17)34-19-6-4-5-7-19/h8-16,19H,4-7H2,1-3H3,(H2,30,31,32,33). The molecule has 1 fully saturated rings. The highest BCUT2D eigenvalue weighted by molar-refractivity contribution is 5.63. The van der Waals surface area contributed by atoms with E-state index in [9.17, 15) is 13.2 Å².